The van der Waals surface area contributed by atoms with Crippen LogP contribution in [0.25, 0.3) is 0 Å². The molecule has 0 heterocycles. The van der Waals surface area contributed by atoms with Crippen molar-refractivity contribution >= 4 is 21.2 Å². The van der Waals surface area contributed by atoms with Gasteiger partial charge in [-0.25, -0.2) is 4.79 Å². The minimum absolute atomic E-state index is 0. The minimum Gasteiger partial charge on any atom is -0.777 e. The normalized spacial score (nSPS) is 15.8. The summed E-state index contributed by atoms with van der Waals surface area (Å²) in [5.74, 6) is 0. The van der Waals surface area contributed by atoms with Crippen LogP contribution < -0.4 is 79.5 Å². The van der Waals surface area contributed by atoms with E-state index in [4.69, 9.17) is 9.79 Å². The van der Waals surface area contributed by atoms with Crippen LogP contribution in [0.3, 0.4) is 0 Å². The molecule has 10 N–H and O–H groups in total. The first kappa shape index (κ1) is 37.1. The molecule has 0 radical (unpaired) electrons. The summed E-state index contributed by atoms with van der Waals surface area (Å²) < 4.78 is 20.9. The summed E-state index contributed by atoms with van der Waals surface area (Å²) in [6.07, 6.45) is 0. The second-order valence-corrected chi connectivity index (χ2v) is 5.92. The van der Waals surface area contributed by atoms with E-state index in [2.05, 4.69) is 0 Å². The van der Waals surface area contributed by atoms with E-state index in [1.54, 1.807) is 0 Å². The van der Waals surface area contributed by atoms with E-state index in [1.807, 2.05) is 5.32 Å². The van der Waals surface area contributed by atoms with E-state index in [0.717, 1.165) is 7.05 Å². The van der Waals surface area contributed by atoms with Crippen molar-refractivity contribution in [2.45, 2.75) is 5.52 Å². The van der Waals surface area contributed by atoms with E-state index in [-0.39, 0.29) is 75.5 Å². The average Bonchev–Trinajstić information content (AvgIpc) is 1.95. The molecule has 0 aliphatic carbocycles. The summed E-state index contributed by atoms with van der Waals surface area (Å²) in [5, 5.41) is 3.19. The Morgan fingerprint density at radius 1 is 1.05 bits per heavy atom. The Hall–Kier alpha value is 1.45. The van der Waals surface area contributed by atoms with Gasteiger partial charge in [-0.15, -0.1) is 0 Å². The molecule has 2 unspecified atom stereocenters. The van der Waals surface area contributed by atoms with Crippen LogP contribution in [-0.4, -0.2) is 44.8 Å². The Bertz CT molecular complexity index is 294. The van der Waals surface area contributed by atoms with Gasteiger partial charge in [-0.05, 0) is 0 Å². The first-order valence-corrected chi connectivity index (χ1v) is 6.43. The maximum Gasteiger partial charge on any atom is 1.00 e. The van der Waals surface area contributed by atoms with Crippen LogP contribution in [0.15, 0.2) is 0 Å². The van der Waals surface area contributed by atoms with E-state index in [9.17, 15) is 23.7 Å². The molecule has 0 aromatic heterocycles. The zero-order valence-corrected chi connectivity index (χ0v) is 16.2. The smallest absolute Gasteiger partial charge is 0.777 e. The van der Waals surface area contributed by atoms with E-state index in [1.165, 1.54) is 5.32 Å². The molecule has 0 aromatic carbocycles. The van der Waals surface area contributed by atoms with Gasteiger partial charge in [0.05, 0.1) is 0 Å². The molecule has 0 aliphatic rings. The van der Waals surface area contributed by atoms with Crippen molar-refractivity contribution < 1.29 is 109 Å². The van der Waals surface area contributed by atoms with Gasteiger partial charge >= 0.3 is 65.1 Å². The van der Waals surface area contributed by atoms with Crippen molar-refractivity contribution in [3.05, 3.63) is 0 Å². The standard InChI is InChI=1S/C3H10N2O7P2.2Na.3H2O/c1-4-2(6)5-3(13(7,8)9)14(10,11)12;;;;;/h3H,1H3,(H2,4,5,6)(H2,7,8,9)(H2,10,11,12);;;3*1H2/q;2*+1;;;/p-2. The van der Waals surface area contributed by atoms with Crippen molar-refractivity contribution in [1.29, 1.82) is 0 Å². The molecule has 12 nitrogen and oxygen atoms in total. The van der Waals surface area contributed by atoms with Crippen molar-refractivity contribution in [3.8, 4) is 0 Å². The van der Waals surface area contributed by atoms with Gasteiger partial charge in [0, 0.05) is 7.05 Å². The summed E-state index contributed by atoms with van der Waals surface area (Å²) in [6.45, 7) is 0. The summed E-state index contributed by atoms with van der Waals surface area (Å²) in [7, 11) is -9.73. The fraction of sp³-hybridized carbons (Fsp3) is 0.667. The van der Waals surface area contributed by atoms with Gasteiger partial charge in [0.25, 0.3) is 0 Å². The number of amides is 2. The van der Waals surface area contributed by atoms with Crippen molar-refractivity contribution in [3.63, 3.8) is 0 Å². The predicted octanol–water partition coefficient (Wildman–Crippen LogP) is -11.2. The molecule has 2 atom stereocenters. The molecule has 19 heavy (non-hydrogen) atoms. The second-order valence-electron chi connectivity index (χ2n) is 2.23. The first-order valence-electron chi connectivity index (χ1n) is 3.14. The number of carbonyl (C=O) groups is 1. The van der Waals surface area contributed by atoms with Crippen molar-refractivity contribution in [2.75, 3.05) is 7.05 Å². The zero-order chi connectivity index (χ0) is 11.6. The summed E-state index contributed by atoms with van der Waals surface area (Å²) in [5.41, 5.74) is -2.74. The maximum atomic E-state index is 10.6. The van der Waals surface area contributed by atoms with Gasteiger partial charge in [-0.1, -0.05) is 0 Å². The van der Waals surface area contributed by atoms with E-state index >= 15 is 0 Å². The molecule has 0 fully saturated rings. The van der Waals surface area contributed by atoms with Crippen LogP contribution in [-0.2, 0) is 9.13 Å². The molecular weight excluding hydrogens is 332 g/mol. The third-order valence-electron chi connectivity index (χ3n) is 1.11. The molecule has 0 saturated heterocycles. The third kappa shape index (κ3) is 15.7. The molecule has 0 rings (SSSR count). The number of rotatable bonds is 3. The fourth-order valence-corrected chi connectivity index (χ4v) is 2.57. The van der Waals surface area contributed by atoms with Crippen LogP contribution in [0.1, 0.15) is 0 Å². The molecule has 0 aliphatic heterocycles. The molecule has 0 bridgehead atoms. The average molecular weight is 346 g/mol. The number of hydrogen-bond acceptors (Lipinski definition) is 5. The molecular formula is C3H14N2Na2O10P2. The monoisotopic (exact) mass is 346 g/mol. The number of hydrogen-bond donors (Lipinski definition) is 4. The van der Waals surface area contributed by atoms with Gasteiger partial charge in [0.2, 0.25) is 0 Å². The number of urea groups is 1. The SMILES string of the molecule is CNC(=O)NC(P(=O)([O-])O)P(=O)([O-])O.O.O.O.[Na+].[Na+]. The molecule has 108 valence electrons. The summed E-state index contributed by atoms with van der Waals surface area (Å²) in [6, 6.07) is -1.18. The van der Waals surface area contributed by atoms with Gasteiger partial charge < -0.3 is 55.8 Å². The van der Waals surface area contributed by atoms with Crippen molar-refractivity contribution in [2.24, 2.45) is 0 Å². The third-order valence-corrected chi connectivity index (χ3v) is 4.35. The molecule has 0 aromatic rings. The van der Waals surface area contributed by atoms with Crippen molar-refractivity contribution in [1.82, 2.24) is 10.6 Å². The summed E-state index contributed by atoms with van der Waals surface area (Å²) in [4.78, 5) is 48.2. The molecule has 2 amide bonds. The van der Waals surface area contributed by atoms with Crippen LogP contribution in [0.4, 0.5) is 4.79 Å². The van der Waals surface area contributed by atoms with Crippen LogP contribution in [0.2, 0.25) is 0 Å². The first-order chi connectivity index (χ1) is 6.09. The summed E-state index contributed by atoms with van der Waals surface area (Å²) >= 11 is 0. The number of carbonyl (C=O) groups excluding carboxylic acids is 1. The van der Waals surface area contributed by atoms with Gasteiger partial charge in [-0.2, -0.15) is 0 Å². The Morgan fingerprint density at radius 3 is 1.47 bits per heavy atom. The minimum atomic E-state index is -5.41. The Kier molecular flexibility index (Phi) is 28.1. The Morgan fingerprint density at radius 2 is 1.32 bits per heavy atom. The predicted molar refractivity (Wildman–Crippen MR) is 51.9 cm³/mol. The van der Waals surface area contributed by atoms with Crippen LogP contribution >= 0.6 is 15.2 Å². The van der Waals surface area contributed by atoms with E-state index in [0.29, 0.717) is 0 Å². The fourth-order valence-electron chi connectivity index (χ4n) is 0.537. The Labute approximate surface area is 152 Å². The van der Waals surface area contributed by atoms with Gasteiger partial charge in [0.15, 0.2) is 20.7 Å². The largest absolute Gasteiger partial charge is 1.00 e. The maximum absolute atomic E-state index is 10.6. The van der Waals surface area contributed by atoms with Crippen LogP contribution in [0.5, 0.6) is 0 Å². The van der Waals surface area contributed by atoms with E-state index < -0.39 is 26.7 Å². The quantitative estimate of drug-likeness (QED) is 0.283. The molecule has 0 saturated carbocycles. The zero-order valence-electron chi connectivity index (χ0n) is 10.4. The molecule has 0 spiro atoms. The van der Waals surface area contributed by atoms with Gasteiger partial charge in [0.1, 0.15) is 0 Å². The van der Waals surface area contributed by atoms with Crippen LogP contribution in [0, 0.1) is 0 Å². The number of nitrogens with one attached hydrogen (secondary N) is 2. The van der Waals surface area contributed by atoms with Gasteiger partial charge in [-0.3, -0.25) is 0 Å². The topological polar surface area (TPSA) is 256 Å². The second kappa shape index (κ2) is 14.4. The Balaban J connectivity index is -0.0000000845. The molecule has 16 heteroatoms.